The van der Waals surface area contributed by atoms with Crippen LogP contribution in [0, 0.1) is 12.8 Å². The van der Waals surface area contributed by atoms with Gasteiger partial charge in [0, 0.05) is 37.2 Å². The van der Waals surface area contributed by atoms with Crippen molar-refractivity contribution < 1.29 is 13.6 Å². The Kier molecular flexibility index (Phi) is 4.91. The van der Waals surface area contributed by atoms with Crippen LogP contribution in [0.2, 0.25) is 0 Å². The van der Waals surface area contributed by atoms with Crippen LogP contribution < -0.4 is 4.90 Å². The summed E-state index contributed by atoms with van der Waals surface area (Å²) in [4.78, 5) is 25.8. The monoisotopic (exact) mass is 412 g/mol. The lowest BCUT2D eigenvalue weighted by Crippen LogP contribution is -2.34. The molecule has 1 amide bonds. The molecule has 30 heavy (non-hydrogen) atoms. The molecule has 158 valence electrons. The van der Waals surface area contributed by atoms with Crippen molar-refractivity contribution in [2.45, 2.75) is 58.5 Å². The molecular weight excluding hydrogens is 386 g/mol. The van der Waals surface area contributed by atoms with Gasteiger partial charge >= 0.3 is 0 Å². The largest absolute Gasteiger partial charge is 0.371 e. The van der Waals surface area contributed by atoms with Crippen LogP contribution in [0.1, 0.15) is 59.5 Å². The van der Waals surface area contributed by atoms with Crippen molar-refractivity contribution >= 4 is 11.6 Å². The molecule has 4 heterocycles. The smallest absolute Gasteiger partial charge is 0.280 e. The second-order valence-electron chi connectivity index (χ2n) is 8.65. The average Bonchev–Trinajstić information content (AvgIpc) is 3.41. The normalized spacial score (nSPS) is 20.6. The first-order chi connectivity index (χ1) is 14.5. The van der Waals surface area contributed by atoms with Crippen LogP contribution in [0.5, 0.6) is 0 Å². The summed E-state index contributed by atoms with van der Waals surface area (Å²) < 4.78 is 25.9. The number of nitrogens with zero attached hydrogens (tertiary/aromatic N) is 4. The van der Waals surface area contributed by atoms with Gasteiger partial charge in [0.2, 0.25) is 5.91 Å². The molecule has 1 atom stereocenters. The Bertz CT molecular complexity index is 993. The quantitative estimate of drug-likeness (QED) is 0.766. The molecule has 0 bridgehead atoms. The van der Waals surface area contributed by atoms with E-state index in [4.69, 9.17) is 4.98 Å². The summed E-state index contributed by atoms with van der Waals surface area (Å²) in [5.74, 6) is 0.0419. The molecule has 7 heteroatoms. The van der Waals surface area contributed by atoms with Gasteiger partial charge in [-0.05, 0) is 67.9 Å². The molecule has 2 aromatic rings. The predicted octanol–water partition coefficient (Wildman–Crippen LogP) is 3.97. The number of carbonyl (C=O) groups is 1. The van der Waals surface area contributed by atoms with Gasteiger partial charge in [-0.15, -0.1) is 0 Å². The molecule has 0 radical (unpaired) electrons. The van der Waals surface area contributed by atoms with Crippen molar-refractivity contribution in [3.63, 3.8) is 0 Å². The maximum absolute atomic E-state index is 13.3. The molecule has 0 saturated carbocycles. The molecule has 0 spiro atoms. The third kappa shape index (κ3) is 3.34. The summed E-state index contributed by atoms with van der Waals surface area (Å²) in [5, 5.41) is 0. The van der Waals surface area contributed by atoms with E-state index in [-0.39, 0.29) is 17.5 Å². The topological polar surface area (TPSA) is 49.3 Å². The van der Waals surface area contributed by atoms with Crippen LogP contribution in [0.4, 0.5) is 14.5 Å². The number of rotatable bonds is 3. The highest BCUT2D eigenvalue weighted by Crippen LogP contribution is 2.35. The first-order valence-electron chi connectivity index (χ1n) is 10.8. The van der Waals surface area contributed by atoms with Gasteiger partial charge in [-0.25, -0.2) is 8.78 Å². The number of fused-ring (bicyclic) bond motifs is 3. The lowest BCUT2D eigenvalue weighted by molar-refractivity contribution is -0.135. The van der Waals surface area contributed by atoms with Gasteiger partial charge in [-0.3, -0.25) is 14.8 Å². The Morgan fingerprint density at radius 3 is 2.77 bits per heavy atom. The van der Waals surface area contributed by atoms with Crippen molar-refractivity contribution in [3.8, 4) is 0 Å². The second kappa shape index (κ2) is 7.60. The van der Waals surface area contributed by atoms with Gasteiger partial charge in [0.05, 0.1) is 18.2 Å². The zero-order chi connectivity index (χ0) is 20.8. The van der Waals surface area contributed by atoms with E-state index in [1.807, 2.05) is 9.80 Å². The Morgan fingerprint density at radius 2 is 1.97 bits per heavy atom. The van der Waals surface area contributed by atoms with Crippen LogP contribution >= 0.6 is 0 Å². The summed E-state index contributed by atoms with van der Waals surface area (Å²) >= 11 is 0. The highest BCUT2D eigenvalue weighted by Gasteiger charge is 2.36. The molecule has 5 rings (SSSR count). The van der Waals surface area contributed by atoms with E-state index in [0.29, 0.717) is 31.9 Å². The molecule has 3 aliphatic rings. The van der Waals surface area contributed by atoms with Gasteiger partial charge in [0.15, 0.2) is 0 Å². The lowest BCUT2D eigenvalue weighted by atomic mass is 9.87. The number of anilines is 1. The third-order valence-electron chi connectivity index (χ3n) is 6.81. The number of hydrogen-bond donors (Lipinski definition) is 0. The van der Waals surface area contributed by atoms with Crippen molar-refractivity contribution in [1.29, 1.82) is 0 Å². The highest BCUT2D eigenvalue weighted by atomic mass is 19.3. The molecule has 1 aliphatic carbocycles. The SMILES string of the molecule is Cc1nc2c(c3c1CCCC3)CN(C(=O)[C@@H]1CCN(c3ccnc(C(F)F)c3)C1)C2. The van der Waals surface area contributed by atoms with Crippen LogP contribution in [0.3, 0.4) is 0 Å². The van der Waals surface area contributed by atoms with Gasteiger partial charge in [-0.1, -0.05) is 0 Å². The molecule has 1 saturated heterocycles. The summed E-state index contributed by atoms with van der Waals surface area (Å²) in [5.41, 5.74) is 6.78. The first-order valence-corrected chi connectivity index (χ1v) is 10.8. The molecule has 1 fully saturated rings. The molecular formula is C23H26F2N4O. The molecule has 2 aliphatic heterocycles. The Hall–Kier alpha value is -2.57. The fraction of sp³-hybridized carbons (Fsp3) is 0.522. The number of alkyl halides is 2. The summed E-state index contributed by atoms with van der Waals surface area (Å²) in [6.07, 6.45) is 4.19. The standard InChI is InChI=1S/C23H26F2N4O/c1-14-17-4-2-3-5-18(17)19-12-29(13-21(19)27-14)23(30)15-7-9-28(11-15)16-6-8-26-20(10-16)22(24)25/h6,8,10,15,22H,2-5,7,9,11-13H2,1H3/t15-/m1/s1. The van der Waals surface area contributed by atoms with Gasteiger partial charge in [0.25, 0.3) is 6.43 Å². The number of carbonyl (C=O) groups excluding carboxylic acids is 1. The number of pyridine rings is 2. The molecule has 5 nitrogen and oxygen atoms in total. The van der Waals surface area contributed by atoms with E-state index in [9.17, 15) is 13.6 Å². The Balaban J connectivity index is 1.30. The second-order valence-corrected chi connectivity index (χ2v) is 8.65. The molecule has 0 aromatic carbocycles. The minimum Gasteiger partial charge on any atom is -0.371 e. The molecule has 0 unspecified atom stereocenters. The van der Waals surface area contributed by atoms with Crippen LogP contribution in [-0.2, 0) is 30.7 Å². The zero-order valence-electron chi connectivity index (χ0n) is 17.2. The first kappa shape index (κ1) is 19.4. The lowest BCUT2D eigenvalue weighted by Gasteiger charge is -2.22. The van der Waals surface area contributed by atoms with Crippen molar-refractivity contribution in [2.24, 2.45) is 5.92 Å². The van der Waals surface area contributed by atoms with E-state index in [0.717, 1.165) is 30.7 Å². The van der Waals surface area contributed by atoms with E-state index < -0.39 is 6.43 Å². The number of halogens is 2. The highest BCUT2D eigenvalue weighted by molar-refractivity contribution is 5.81. The van der Waals surface area contributed by atoms with Crippen molar-refractivity contribution in [2.75, 3.05) is 18.0 Å². The number of aromatic nitrogens is 2. The molecule has 0 N–H and O–H groups in total. The third-order valence-corrected chi connectivity index (χ3v) is 6.81. The van der Waals surface area contributed by atoms with Crippen LogP contribution in [-0.4, -0.2) is 33.9 Å². The fourth-order valence-electron chi connectivity index (χ4n) is 5.26. The minimum absolute atomic E-state index is 0.112. The van der Waals surface area contributed by atoms with E-state index in [1.54, 1.807) is 6.07 Å². The summed E-state index contributed by atoms with van der Waals surface area (Å²) in [6.45, 7) is 4.58. The Morgan fingerprint density at radius 1 is 1.17 bits per heavy atom. The fourth-order valence-corrected chi connectivity index (χ4v) is 5.26. The predicted molar refractivity (Wildman–Crippen MR) is 109 cm³/mol. The van der Waals surface area contributed by atoms with E-state index >= 15 is 0 Å². The van der Waals surface area contributed by atoms with Crippen LogP contribution in [0.25, 0.3) is 0 Å². The number of amides is 1. The maximum Gasteiger partial charge on any atom is 0.280 e. The van der Waals surface area contributed by atoms with E-state index in [2.05, 4.69) is 11.9 Å². The van der Waals surface area contributed by atoms with Crippen molar-refractivity contribution in [1.82, 2.24) is 14.9 Å². The minimum atomic E-state index is -2.59. The van der Waals surface area contributed by atoms with Gasteiger partial charge in [0.1, 0.15) is 5.69 Å². The van der Waals surface area contributed by atoms with Crippen LogP contribution in [0.15, 0.2) is 18.3 Å². The average molecular weight is 412 g/mol. The maximum atomic E-state index is 13.3. The van der Waals surface area contributed by atoms with Gasteiger partial charge < -0.3 is 9.80 Å². The van der Waals surface area contributed by atoms with Crippen molar-refractivity contribution in [3.05, 3.63) is 52.1 Å². The van der Waals surface area contributed by atoms with Gasteiger partial charge in [-0.2, -0.15) is 0 Å². The summed E-state index contributed by atoms with van der Waals surface area (Å²) in [6, 6.07) is 3.17. The zero-order valence-corrected chi connectivity index (χ0v) is 17.2. The Labute approximate surface area is 175 Å². The van der Waals surface area contributed by atoms with E-state index in [1.165, 1.54) is 41.8 Å². The number of hydrogen-bond acceptors (Lipinski definition) is 4. The number of aryl methyl sites for hydroxylation is 1. The summed E-state index contributed by atoms with van der Waals surface area (Å²) in [7, 11) is 0. The molecule has 2 aromatic heterocycles.